The molecule has 1 rings (SSSR count). The molecule has 1 aromatic rings. The number of hydrogen-bond donors (Lipinski definition) is 1. The number of hydrogen-bond acceptors (Lipinski definition) is 1. The summed E-state index contributed by atoms with van der Waals surface area (Å²) < 4.78 is 0. The third kappa shape index (κ3) is 4.55. The fourth-order valence-corrected chi connectivity index (χ4v) is 2.17. The van der Waals surface area contributed by atoms with Crippen molar-refractivity contribution in [3.8, 4) is 12.3 Å². The minimum Gasteiger partial charge on any atom is -0.307 e. The smallest absolute Gasteiger partial charge is 0.0294 e. The second kappa shape index (κ2) is 7.95. The van der Waals surface area contributed by atoms with Crippen LogP contribution in [-0.4, -0.2) is 6.04 Å². The molecule has 1 N–H and O–H groups in total. The van der Waals surface area contributed by atoms with Gasteiger partial charge in [-0.15, -0.1) is 12.3 Å². The van der Waals surface area contributed by atoms with E-state index in [1.807, 2.05) is 0 Å². The van der Waals surface area contributed by atoms with Gasteiger partial charge in [0.2, 0.25) is 0 Å². The summed E-state index contributed by atoms with van der Waals surface area (Å²) in [6, 6.07) is 9.70. The van der Waals surface area contributed by atoms with E-state index in [4.69, 9.17) is 6.42 Å². The van der Waals surface area contributed by atoms with E-state index in [0.29, 0.717) is 12.1 Å². The molecule has 0 aromatic heterocycles. The van der Waals surface area contributed by atoms with Gasteiger partial charge in [-0.3, -0.25) is 0 Å². The van der Waals surface area contributed by atoms with Crippen LogP contribution in [0.25, 0.3) is 0 Å². The summed E-state index contributed by atoms with van der Waals surface area (Å²) in [5.74, 6) is 2.74. The molecule has 1 heteroatoms. The number of rotatable bonds is 7. The zero-order valence-electron chi connectivity index (χ0n) is 11.9. The normalized spacial score (nSPS) is 13.9. The first-order valence-electron chi connectivity index (χ1n) is 6.99. The highest BCUT2D eigenvalue weighted by Gasteiger charge is 2.10. The standard InChI is InChI=1S/C17H25N/c1-5-8-15-10-12-16(13-11-15)14(4)18-17(7-3)9-6-2/h2,10-14,17-18H,5,7-9H2,1,3-4H3. The van der Waals surface area contributed by atoms with Crippen LogP contribution in [0.2, 0.25) is 0 Å². The maximum absolute atomic E-state index is 5.38. The molecule has 0 aliphatic carbocycles. The van der Waals surface area contributed by atoms with Crippen molar-refractivity contribution < 1.29 is 0 Å². The van der Waals surface area contributed by atoms with Crippen molar-refractivity contribution in [2.75, 3.05) is 0 Å². The molecule has 2 unspecified atom stereocenters. The van der Waals surface area contributed by atoms with Gasteiger partial charge in [-0.1, -0.05) is 44.5 Å². The average Bonchev–Trinajstić information content (AvgIpc) is 2.39. The van der Waals surface area contributed by atoms with Gasteiger partial charge in [-0.25, -0.2) is 0 Å². The maximum atomic E-state index is 5.38. The molecule has 18 heavy (non-hydrogen) atoms. The van der Waals surface area contributed by atoms with Gasteiger partial charge in [0.15, 0.2) is 0 Å². The average molecular weight is 243 g/mol. The molecule has 0 aliphatic rings. The lowest BCUT2D eigenvalue weighted by Crippen LogP contribution is -2.30. The zero-order chi connectivity index (χ0) is 13.4. The minimum absolute atomic E-state index is 0.360. The molecular weight excluding hydrogens is 218 g/mol. The van der Waals surface area contributed by atoms with Crippen molar-refractivity contribution in [1.29, 1.82) is 0 Å². The Morgan fingerprint density at radius 1 is 1.22 bits per heavy atom. The van der Waals surface area contributed by atoms with Gasteiger partial charge in [-0.05, 0) is 30.9 Å². The number of nitrogens with one attached hydrogen (secondary N) is 1. The Bertz CT molecular complexity index is 372. The summed E-state index contributed by atoms with van der Waals surface area (Å²) in [6.45, 7) is 6.59. The van der Waals surface area contributed by atoms with Crippen molar-refractivity contribution in [1.82, 2.24) is 5.32 Å². The maximum Gasteiger partial charge on any atom is 0.0294 e. The monoisotopic (exact) mass is 243 g/mol. The second-order valence-corrected chi connectivity index (χ2v) is 4.89. The molecule has 2 atom stereocenters. The van der Waals surface area contributed by atoms with Crippen molar-refractivity contribution in [2.24, 2.45) is 0 Å². The second-order valence-electron chi connectivity index (χ2n) is 4.89. The predicted molar refractivity (Wildman–Crippen MR) is 79.5 cm³/mol. The molecule has 0 spiro atoms. The summed E-state index contributed by atoms with van der Waals surface area (Å²) >= 11 is 0. The Balaban J connectivity index is 2.60. The molecule has 98 valence electrons. The van der Waals surface area contributed by atoms with Gasteiger partial charge in [0.05, 0.1) is 0 Å². The Morgan fingerprint density at radius 3 is 2.39 bits per heavy atom. The lowest BCUT2D eigenvalue weighted by Gasteiger charge is -2.21. The van der Waals surface area contributed by atoms with Crippen molar-refractivity contribution in [3.63, 3.8) is 0 Å². The van der Waals surface area contributed by atoms with E-state index < -0.39 is 0 Å². The SMILES string of the molecule is C#CCC(CC)NC(C)c1ccc(CCC)cc1. The van der Waals surface area contributed by atoms with Crippen LogP contribution in [0.15, 0.2) is 24.3 Å². The summed E-state index contributed by atoms with van der Waals surface area (Å²) in [4.78, 5) is 0. The first kappa shape index (κ1) is 14.8. The molecule has 1 aromatic carbocycles. The molecule has 0 bridgehead atoms. The zero-order valence-corrected chi connectivity index (χ0v) is 11.9. The number of benzene rings is 1. The first-order valence-corrected chi connectivity index (χ1v) is 6.99. The van der Waals surface area contributed by atoms with Crippen LogP contribution < -0.4 is 5.32 Å². The summed E-state index contributed by atoms with van der Waals surface area (Å²) in [7, 11) is 0. The molecule has 0 heterocycles. The Morgan fingerprint density at radius 2 is 1.89 bits per heavy atom. The van der Waals surface area contributed by atoms with Crippen molar-refractivity contribution >= 4 is 0 Å². The van der Waals surface area contributed by atoms with E-state index >= 15 is 0 Å². The van der Waals surface area contributed by atoms with Crippen LogP contribution in [0.3, 0.4) is 0 Å². The van der Waals surface area contributed by atoms with Gasteiger partial charge in [0, 0.05) is 18.5 Å². The molecular formula is C17H25N. The van der Waals surface area contributed by atoms with Crippen molar-refractivity contribution in [3.05, 3.63) is 35.4 Å². The van der Waals surface area contributed by atoms with Crippen molar-refractivity contribution in [2.45, 2.75) is 58.5 Å². The van der Waals surface area contributed by atoms with Crippen LogP contribution in [0, 0.1) is 12.3 Å². The highest BCUT2D eigenvalue weighted by atomic mass is 14.9. The molecule has 1 nitrogen and oxygen atoms in total. The molecule has 0 amide bonds. The molecule has 0 fully saturated rings. The minimum atomic E-state index is 0.360. The Kier molecular flexibility index (Phi) is 6.54. The van der Waals surface area contributed by atoms with E-state index in [2.05, 4.69) is 56.3 Å². The fourth-order valence-electron chi connectivity index (χ4n) is 2.17. The Hall–Kier alpha value is -1.26. The van der Waals surface area contributed by atoms with E-state index in [-0.39, 0.29) is 0 Å². The van der Waals surface area contributed by atoms with Gasteiger partial charge < -0.3 is 5.32 Å². The third-order valence-corrected chi connectivity index (χ3v) is 3.36. The summed E-state index contributed by atoms with van der Waals surface area (Å²) in [5.41, 5.74) is 2.76. The van der Waals surface area contributed by atoms with Crippen LogP contribution >= 0.6 is 0 Å². The largest absolute Gasteiger partial charge is 0.307 e. The van der Waals surface area contributed by atoms with Crippen LogP contribution in [-0.2, 0) is 6.42 Å². The summed E-state index contributed by atoms with van der Waals surface area (Å²) in [5, 5.41) is 3.59. The van der Waals surface area contributed by atoms with Crippen LogP contribution in [0.5, 0.6) is 0 Å². The van der Waals surface area contributed by atoms with Crippen LogP contribution in [0.4, 0.5) is 0 Å². The predicted octanol–water partition coefficient (Wildman–Crippen LogP) is 4.09. The topological polar surface area (TPSA) is 12.0 Å². The highest BCUT2D eigenvalue weighted by molar-refractivity contribution is 5.25. The van der Waals surface area contributed by atoms with E-state index in [1.165, 1.54) is 17.5 Å². The van der Waals surface area contributed by atoms with Gasteiger partial charge in [0.25, 0.3) is 0 Å². The van der Waals surface area contributed by atoms with E-state index in [9.17, 15) is 0 Å². The molecule has 0 aliphatic heterocycles. The van der Waals surface area contributed by atoms with E-state index in [1.54, 1.807) is 0 Å². The molecule has 0 saturated heterocycles. The third-order valence-electron chi connectivity index (χ3n) is 3.36. The van der Waals surface area contributed by atoms with Gasteiger partial charge >= 0.3 is 0 Å². The lowest BCUT2D eigenvalue weighted by molar-refractivity contribution is 0.449. The Labute approximate surface area is 112 Å². The van der Waals surface area contributed by atoms with Gasteiger partial charge in [-0.2, -0.15) is 0 Å². The highest BCUT2D eigenvalue weighted by Crippen LogP contribution is 2.16. The summed E-state index contributed by atoms with van der Waals surface area (Å²) in [6.07, 6.45) is 9.62. The first-order chi connectivity index (χ1) is 8.71. The van der Waals surface area contributed by atoms with Crippen LogP contribution in [0.1, 0.15) is 57.2 Å². The molecule has 0 radical (unpaired) electrons. The fraction of sp³-hybridized carbons (Fsp3) is 0.529. The quantitative estimate of drug-likeness (QED) is 0.711. The van der Waals surface area contributed by atoms with E-state index in [0.717, 1.165) is 19.3 Å². The van der Waals surface area contributed by atoms with Gasteiger partial charge in [0.1, 0.15) is 0 Å². The number of aryl methyl sites for hydroxylation is 1. The lowest BCUT2D eigenvalue weighted by atomic mass is 10.0. The molecule has 0 saturated carbocycles. The number of terminal acetylenes is 1.